The summed E-state index contributed by atoms with van der Waals surface area (Å²) >= 11 is 0. The Labute approximate surface area is 120 Å². The highest BCUT2D eigenvalue weighted by Crippen LogP contribution is 2.09. The van der Waals surface area contributed by atoms with Gasteiger partial charge in [-0.15, -0.1) is 0 Å². The van der Waals surface area contributed by atoms with Crippen LogP contribution in [0.1, 0.15) is 54.9 Å². The first-order chi connectivity index (χ1) is 9.65. The summed E-state index contributed by atoms with van der Waals surface area (Å²) in [5, 5.41) is 11.9. The molecule has 0 bridgehead atoms. The zero-order valence-electron chi connectivity index (χ0n) is 12.0. The zero-order valence-corrected chi connectivity index (χ0v) is 12.0. The van der Waals surface area contributed by atoms with Crippen molar-refractivity contribution in [2.45, 2.75) is 45.4 Å². The number of amides is 1. The van der Waals surface area contributed by atoms with Crippen molar-refractivity contribution in [1.82, 2.24) is 5.32 Å². The summed E-state index contributed by atoms with van der Waals surface area (Å²) in [6.07, 6.45) is 5.44. The Morgan fingerprint density at radius 3 is 2.60 bits per heavy atom. The van der Waals surface area contributed by atoms with Crippen LogP contribution in [-0.4, -0.2) is 23.5 Å². The lowest BCUT2D eigenvalue weighted by Crippen LogP contribution is -2.25. The molecule has 0 fully saturated rings. The van der Waals surface area contributed by atoms with Crippen LogP contribution in [0.3, 0.4) is 0 Å². The van der Waals surface area contributed by atoms with Gasteiger partial charge in [-0.05, 0) is 24.5 Å². The van der Waals surface area contributed by atoms with Crippen LogP contribution in [0.5, 0.6) is 0 Å². The molecule has 0 aliphatic carbocycles. The lowest BCUT2D eigenvalue weighted by atomic mass is 10.0. The van der Waals surface area contributed by atoms with Crippen molar-refractivity contribution in [3.63, 3.8) is 0 Å². The molecule has 0 heterocycles. The number of carboxylic acids is 1. The molecular weight excluding hydrogens is 254 g/mol. The van der Waals surface area contributed by atoms with Crippen LogP contribution >= 0.6 is 0 Å². The first-order valence-electron chi connectivity index (χ1n) is 7.23. The molecule has 1 rings (SSSR count). The topological polar surface area (TPSA) is 66.4 Å². The Morgan fingerprint density at radius 2 is 1.90 bits per heavy atom. The third kappa shape index (κ3) is 5.87. The van der Waals surface area contributed by atoms with Gasteiger partial charge in [-0.25, -0.2) is 4.79 Å². The summed E-state index contributed by atoms with van der Waals surface area (Å²) in [4.78, 5) is 22.6. The van der Waals surface area contributed by atoms with Crippen LogP contribution in [0.25, 0.3) is 0 Å². The third-order valence-corrected chi connectivity index (χ3v) is 3.22. The van der Waals surface area contributed by atoms with Gasteiger partial charge >= 0.3 is 5.97 Å². The molecule has 2 N–H and O–H groups in total. The minimum absolute atomic E-state index is 0.0499. The Morgan fingerprint density at radius 1 is 1.15 bits per heavy atom. The lowest BCUT2D eigenvalue weighted by Gasteiger charge is -2.07. The van der Waals surface area contributed by atoms with E-state index in [2.05, 4.69) is 12.2 Å². The maximum absolute atomic E-state index is 11.6. The quantitative estimate of drug-likeness (QED) is 0.682. The minimum Gasteiger partial charge on any atom is -0.478 e. The van der Waals surface area contributed by atoms with Crippen molar-refractivity contribution in [3.05, 3.63) is 35.4 Å². The fraction of sp³-hybridized carbons (Fsp3) is 0.500. The maximum Gasteiger partial charge on any atom is 0.335 e. The highest BCUT2D eigenvalue weighted by Gasteiger charge is 2.08. The predicted octanol–water partition coefficient (Wildman–Crippen LogP) is 3.01. The summed E-state index contributed by atoms with van der Waals surface area (Å²) in [7, 11) is 0. The van der Waals surface area contributed by atoms with Crippen molar-refractivity contribution in [2.24, 2.45) is 0 Å². The van der Waals surface area contributed by atoms with Gasteiger partial charge in [0.1, 0.15) is 0 Å². The Hall–Kier alpha value is -1.84. The van der Waals surface area contributed by atoms with Crippen molar-refractivity contribution in [1.29, 1.82) is 0 Å². The summed E-state index contributed by atoms with van der Waals surface area (Å²) in [6, 6.07) is 6.90. The number of hydrogen-bond acceptors (Lipinski definition) is 2. The van der Waals surface area contributed by atoms with Gasteiger partial charge in [0.2, 0.25) is 5.91 Å². The molecule has 20 heavy (non-hydrogen) atoms. The molecular formula is C16H23NO3. The second-order valence-electron chi connectivity index (χ2n) is 4.87. The van der Waals surface area contributed by atoms with Gasteiger partial charge in [0.15, 0.2) is 0 Å². The number of carbonyl (C=O) groups is 2. The van der Waals surface area contributed by atoms with E-state index < -0.39 is 5.97 Å². The van der Waals surface area contributed by atoms with Crippen molar-refractivity contribution < 1.29 is 14.7 Å². The molecule has 0 aliphatic heterocycles. The molecule has 1 aromatic carbocycles. The predicted molar refractivity (Wildman–Crippen MR) is 78.9 cm³/mol. The fourth-order valence-corrected chi connectivity index (χ4v) is 2.08. The average molecular weight is 277 g/mol. The zero-order chi connectivity index (χ0) is 14.8. The molecule has 4 heteroatoms. The van der Waals surface area contributed by atoms with Crippen LogP contribution in [0.2, 0.25) is 0 Å². The van der Waals surface area contributed by atoms with E-state index in [-0.39, 0.29) is 5.91 Å². The maximum atomic E-state index is 11.6. The molecule has 110 valence electrons. The summed E-state index contributed by atoms with van der Waals surface area (Å²) in [5.41, 5.74) is 1.07. The number of rotatable bonds is 9. The highest BCUT2D eigenvalue weighted by atomic mass is 16.4. The largest absolute Gasteiger partial charge is 0.478 e. The Bertz CT molecular complexity index is 443. The van der Waals surface area contributed by atoms with Crippen molar-refractivity contribution >= 4 is 11.9 Å². The third-order valence-electron chi connectivity index (χ3n) is 3.22. The molecule has 0 atom stereocenters. The van der Waals surface area contributed by atoms with E-state index >= 15 is 0 Å². The first kappa shape index (κ1) is 16.2. The van der Waals surface area contributed by atoms with Gasteiger partial charge in [0.25, 0.3) is 0 Å². The summed E-state index contributed by atoms with van der Waals surface area (Å²) in [5.74, 6) is -0.875. The number of aromatic carboxylic acids is 1. The second-order valence-corrected chi connectivity index (χ2v) is 4.87. The van der Waals surface area contributed by atoms with E-state index in [1.165, 1.54) is 6.42 Å². The van der Waals surface area contributed by atoms with E-state index in [9.17, 15) is 9.59 Å². The Kier molecular flexibility index (Phi) is 7.40. The summed E-state index contributed by atoms with van der Waals surface area (Å²) in [6.45, 7) is 2.62. The van der Waals surface area contributed by atoms with Crippen molar-refractivity contribution in [3.8, 4) is 0 Å². The standard InChI is InChI=1S/C16H23NO3/c1-2-3-4-5-10-15(18)17-12-11-13-8-6-7-9-14(13)16(19)20/h6-9H,2-5,10-12H2,1H3,(H,17,18)(H,19,20). The number of nitrogens with one attached hydrogen (secondary N) is 1. The average Bonchev–Trinajstić information content (AvgIpc) is 2.44. The number of benzene rings is 1. The molecule has 0 unspecified atom stereocenters. The van der Waals surface area contributed by atoms with Crippen LogP contribution in [0.15, 0.2) is 24.3 Å². The molecule has 0 saturated heterocycles. The summed E-state index contributed by atoms with van der Waals surface area (Å²) < 4.78 is 0. The molecule has 0 aromatic heterocycles. The van der Waals surface area contributed by atoms with Crippen molar-refractivity contribution in [2.75, 3.05) is 6.54 Å². The molecule has 4 nitrogen and oxygen atoms in total. The van der Waals surface area contributed by atoms with E-state index in [1.807, 2.05) is 6.07 Å². The van der Waals surface area contributed by atoms with Gasteiger partial charge in [-0.3, -0.25) is 4.79 Å². The Balaban J connectivity index is 2.30. The number of unbranched alkanes of at least 4 members (excludes halogenated alkanes) is 3. The van der Waals surface area contributed by atoms with Crippen LogP contribution in [0.4, 0.5) is 0 Å². The smallest absolute Gasteiger partial charge is 0.335 e. The van der Waals surface area contributed by atoms with Crippen LogP contribution < -0.4 is 5.32 Å². The van der Waals surface area contributed by atoms with Crippen LogP contribution in [-0.2, 0) is 11.2 Å². The van der Waals surface area contributed by atoms with E-state index in [4.69, 9.17) is 5.11 Å². The van der Waals surface area contributed by atoms with Gasteiger partial charge < -0.3 is 10.4 Å². The molecule has 0 radical (unpaired) electrons. The highest BCUT2D eigenvalue weighted by molar-refractivity contribution is 5.89. The van der Waals surface area contributed by atoms with Gasteiger partial charge in [-0.1, -0.05) is 44.4 Å². The molecule has 0 saturated carbocycles. The van der Waals surface area contributed by atoms with Gasteiger partial charge in [0.05, 0.1) is 5.56 Å². The molecule has 0 spiro atoms. The van der Waals surface area contributed by atoms with Gasteiger partial charge in [-0.2, -0.15) is 0 Å². The molecule has 1 amide bonds. The number of hydrogen-bond donors (Lipinski definition) is 2. The molecule has 1 aromatic rings. The van der Waals surface area contributed by atoms with Crippen LogP contribution in [0, 0.1) is 0 Å². The SMILES string of the molecule is CCCCCCC(=O)NCCc1ccccc1C(=O)O. The lowest BCUT2D eigenvalue weighted by molar-refractivity contribution is -0.121. The fourth-order valence-electron chi connectivity index (χ4n) is 2.08. The molecule has 0 aliphatic rings. The first-order valence-corrected chi connectivity index (χ1v) is 7.23. The number of carbonyl (C=O) groups excluding carboxylic acids is 1. The van der Waals surface area contributed by atoms with E-state index in [0.29, 0.717) is 24.9 Å². The van der Waals surface area contributed by atoms with E-state index in [1.54, 1.807) is 18.2 Å². The number of carboxylic acid groups (broad SMARTS) is 1. The normalized spacial score (nSPS) is 10.2. The minimum atomic E-state index is -0.925. The second kappa shape index (κ2) is 9.13. The van der Waals surface area contributed by atoms with Gasteiger partial charge in [0, 0.05) is 13.0 Å². The van der Waals surface area contributed by atoms with E-state index in [0.717, 1.165) is 24.8 Å². The monoisotopic (exact) mass is 277 g/mol.